The Bertz CT molecular complexity index is 1590. The lowest BCUT2D eigenvalue weighted by Crippen LogP contribution is -2.32. The van der Waals surface area contributed by atoms with Crippen LogP contribution in [0.3, 0.4) is 0 Å². The topological polar surface area (TPSA) is 120 Å². The van der Waals surface area contributed by atoms with Crippen molar-refractivity contribution in [2.75, 3.05) is 11.9 Å². The summed E-state index contributed by atoms with van der Waals surface area (Å²) in [4.78, 5) is 33.1. The number of imidazole rings is 1. The van der Waals surface area contributed by atoms with E-state index in [-0.39, 0.29) is 41.5 Å². The van der Waals surface area contributed by atoms with E-state index in [1.807, 2.05) is 6.92 Å². The van der Waals surface area contributed by atoms with Crippen LogP contribution in [-0.4, -0.2) is 50.2 Å². The highest BCUT2D eigenvalue weighted by atomic mass is 19.1. The molecule has 2 amide bonds. The largest absolute Gasteiger partial charge is 0.487 e. The molecule has 12 heteroatoms. The Morgan fingerprint density at radius 3 is 2.83 bits per heavy atom. The number of carbonyl (C=O) groups is 2. The van der Waals surface area contributed by atoms with E-state index in [9.17, 15) is 18.4 Å². The van der Waals surface area contributed by atoms with Crippen LogP contribution in [0.2, 0.25) is 0 Å². The van der Waals surface area contributed by atoms with Gasteiger partial charge in [0.15, 0.2) is 23.0 Å². The first kappa shape index (κ1) is 27.1. The molecular formula is C28H28F2N6O4. The van der Waals surface area contributed by atoms with E-state index in [4.69, 9.17) is 9.47 Å². The predicted molar refractivity (Wildman–Crippen MR) is 142 cm³/mol. The fourth-order valence-corrected chi connectivity index (χ4v) is 4.56. The normalized spacial score (nSPS) is 17.0. The molecule has 2 N–H and O–H groups in total. The first-order valence-electron chi connectivity index (χ1n) is 12.8. The van der Waals surface area contributed by atoms with E-state index in [1.54, 1.807) is 37.5 Å². The van der Waals surface area contributed by atoms with Gasteiger partial charge in [0.1, 0.15) is 11.9 Å². The van der Waals surface area contributed by atoms with E-state index in [2.05, 4.69) is 25.7 Å². The van der Waals surface area contributed by atoms with Gasteiger partial charge < -0.3 is 20.1 Å². The minimum absolute atomic E-state index is 0.0311. The SMILES string of the molecule is CC(=O)Nc1cn2nc(-c3cnc(C)c(C(=O)NCc4cc(F)cc(F)c4OC4CCOC(C)C4)c3)ccc2n1. The molecule has 40 heavy (non-hydrogen) atoms. The number of fused-ring (bicyclic) bond motifs is 1. The summed E-state index contributed by atoms with van der Waals surface area (Å²) in [6.45, 7) is 5.32. The summed E-state index contributed by atoms with van der Waals surface area (Å²) in [5.74, 6) is -2.04. The van der Waals surface area contributed by atoms with Crippen LogP contribution in [-0.2, 0) is 16.1 Å². The molecule has 0 bridgehead atoms. The maximum absolute atomic E-state index is 14.7. The summed E-state index contributed by atoms with van der Waals surface area (Å²) in [6, 6.07) is 7.02. The number of hydrogen-bond donors (Lipinski definition) is 2. The second-order valence-electron chi connectivity index (χ2n) is 9.69. The summed E-state index contributed by atoms with van der Waals surface area (Å²) in [6.07, 6.45) is 4.02. The van der Waals surface area contributed by atoms with Gasteiger partial charge in [-0.1, -0.05) is 0 Å². The van der Waals surface area contributed by atoms with Gasteiger partial charge >= 0.3 is 0 Å². The fraction of sp³-hybridized carbons (Fsp3) is 0.321. The average molecular weight is 551 g/mol. The number of hydrogen-bond acceptors (Lipinski definition) is 7. The molecule has 208 valence electrons. The highest BCUT2D eigenvalue weighted by molar-refractivity contribution is 5.96. The fourth-order valence-electron chi connectivity index (χ4n) is 4.56. The number of rotatable bonds is 7. The summed E-state index contributed by atoms with van der Waals surface area (Å²) in [7, 11) is 0. The van der Waals surface area contributed by atoms with Crippen LogP contribution >= 0.6 is 0 Å². The lowest BCUT2D eigenvalue weighted by molar-refractivity contribution is -0.114. The number of nitrogens with zero attached hydrogens (tertiary/aromatic N) is 4. The number of aromatic nitrogens is 4. The van der Waals surface area contributed by atoms with Crippen molar-refractivity contribution in [2.24, 2.45) is 0 Å². The minimum atomic E-state index is -0.828. The van der Waals surface area contributed by atoms with Crippen molar-refractivity contribution < 1.29 is 27.8 Å². The third-order valence-electron chi connectivity index (χ3n) is 6.50. The highest BCUT2D eigenvalue weighted by Gasteiger charge is 2.24. The van der Waals surface area contributed by atoms with Gasteiger partial charge in [0, 0.05) is 49.7 Å². The van der Waals surface area contributed by atoms with E-state index >= 15 is 0 Å². The third-order valence-corrected chi connectivity index (χ3v) is 6.50. The Balaban J connectivity index is 1.35. The predicted octanol–water partition coefficient (Wildman–Crippen LogP) is 4.21. The Labute approximate surface area is 228 Å². The molecule has 4 aromatic rings. The molecule has 2 unspecified atom stereocenters. The van der Waals surface area contributed by atoms with Crippen LogP contribution in [0, 0.1) is 18.6 Å². The number of amides is 2. The van der Waals surface area contributed by atoms with Crippen molar-refractivity contribution in [2.45, 2.75) is 52.4 Å². The molecule has 10 nitrogen and oxygen atoms in total. The molecule has 5 rings (SSSR count). The third kappa shape index (κ3) is 6.07. The molecule has 1 aromatic carbocycles. The molecular weight excluding hydrogens is 522 g/mol. The van der Waals surface area contributed by atoms with E-state index in [1.165, 1.54) is 11.4 Å². The Morgan fingerprint density at radius 2 is 2.05 bits per heavy atom. The maximum Gasteiger partial charge on any atom is 0.253 e. The number of ether oxygens (including phenoxy) is 2. The first-order chi connectivity index (χ1) is 19.2. The van der Waals surface area contributed by atoms with E-state index < -0.39 is 17.5 Å². The molecule has 1 aliphatic heterocycles. The maximum atomic E-state index is 14.7. The lowest BCUT2D eigenvalue weighted by atomic mass is 10.1. The van der Waals surface area contributed by atoms with Crippen LogP contribution in [0.4, 0.5) is 14.6 Å². The molecule has 1 saturated heterocycles. The Hall–Kier alpha value is -4.45. The van der Waals surface area contributed by atoms with Gasteiger partial charge in [0.05, 0.1) is 35.9 Å². The van der Waals surface area contributed by atoms with Gasteiger partial charge in [-0.3, -0.25) is 14.6 Å². The van der Waals surface area contributed by atoms with Gasteiger partial charge in [-0.05, 0) is 38.1 Å². The molecule has 3 aromatic heterocycles. The Morgan fingerprint density at radius 1 is 1.23 bits per heavy atom. The number of benzene rings is 1. The zero-order valence-electron chi connectivity index (χ0n) is 22.2. The second kappa shape index (κ2) is 11.3. The van der Waals surface area contributed by atoms with Crippen LogP contribution in [0.25, 0.3) is 16.9 Å². The number of halogens is 2. The molecule has 2 atom stereocenters. The highest BCUT2D eigenvalue weighted by Crippen LogP contribution is 2.29. The number of anilines is 1. The minimum Gasteiger partial charge on any atom is -0.487 e. The number of aryl methyl sites for hydroxylation is 1. The number of pyridine rings is 1. The van der Waals surface area contributed by atoms with Crippen molar-refractivity contribution in [1.82, 2.24) is 24.9 Å². The van der Waals surface area contributed by atoms with Gasteiger partial charge in [-0.2, -0.15) is 5.10 Å². The van der Waals surface area contributed by atoms with Gasteiger partial charge in [0.2, 0.25) is 5.91 Å². The van der Waals surface area contributed by atoms with Gasteiger partial charge in [0.25, 0.3) is 5.91 Å². The smallest absolute Gasteiger partial charge is 0.253 e. The number of carbonyl (C=O) groups excluding carboxylic acids is 2. The molecule has 0 aliphatic carbocycles. The molecule has 0 radical (unpaired) electrons. The molecule has 0 spiro atoms. The zero-order valence-corrected chi connectivity index (χ0v) is 22.2. The average Bonchev–Trinajstić information content (AvgIpc) is 3.30. The van der Waals surface area contributed by atoms with Gasteiger partial charge in [-0.25, -0.2) is 18.3 Å². The van der Waals surface area contributed by atoms with E-state index in [0.717, 1.165) is 12.1 Å². The summed E-state index contributed by atoms with van der Waals surface area (Å²) in [5.41, 5.74) is 2.56. The van der Waals surface area contributed by atoms with Crippen LogP contribution in [0.15, 0.2) is 42.7 Å². The van der Waals surface area contributed by atoms with Crippen LogP contribution in [0.1, 0.15) is 48.3 Å². The van der Waals surface area contributed by atoms with Crippen molar-refractivity contribution in [3.8, 4) is 17.0 Å². The lowest BCUT2D eigenvalue weighted by Gasteiger charge is -2.28. The molecule has 0 saturated carbocycles. The Kier molecular flexibility index (Phi) is 7.69. The monoisotopic (exact) mass is 550 g/mol. The van der Waals surface area contributed by atoms with E-state index in [0.29, 0.717) is 47.9 Å². The van der Waals surface area contributed by atoms with Crippen molar-refractivity contribution in [3.63, 3.8) is 0 Å². The summed E-state index contributed by atoms with van der Waals surface area (Å²) < 4.78 is 41.8. The molecule has 4 heterocycles. The van der Waals surface area contributed by atoms with Crippen LogP contribution < -0.4 is 15.4 Å². The van der Waals surface area contributed by atoms with Crippen molar-refractivity contribution in [3.05, 3.63) is 71.2 Å². The first-order valence-corrected chi connectivity index (χ1v) is 12.8. The zero-order chi connectivity index (χ0) is 28.4. The molecule has 1 aliphatic rings. The van der Waals surface area contributed by atoms with Gasteiger partial charge in [-0.15, -0.1) is 0 Å². The second-order valence-corrected chi connectivity index (χ2v) is 9.69. The summed E-state index contributed by atoms with van der Waals surface area (Å²) in [5, 5.41) is 9.86. The summed E-state index contributed by atoms with van der Waals surface area (Å²) >= 11 is 0. The van der Waals surface area contributed by atoms with Crippen LogP contribution in [0.5, 0.6) is 5.75 Å². The quantitative estimate of drug-likeness (QED) is 0.354. The number of nitrogens with one attached hydrogen (secondary N) is 2. The standard InChI is InChI=1S/C28H28F2N6O4/c1-15-8-21(6-7-39-15)40-27-19(9-20(29)11-23(27)30)13-32-28(38)22-10-18(12-31-16(22)2)24-4-5-26-34-25(33-17(3)37)14-36(26)35-24/h4-5,9-12,14-15,21H,6-8,13H2,1-3H3,(H,32,38)(H,33,37). The van der Waals surface area contributed by atoms with Crippen molar-refractivity contribution >= 4 is 23.3 Å². The van der Waals surface area contributed by atoms with Crippen molar-refractivity contribution in [1.29, 1.82) is 0 Å². The molecule has 1 fully saturated rings.